The van der Waals surface area contributed by atoms with Crippen molar-refractivity contribution in [3.8, 4) is 0 Å². The van der Waals surface area contributed by atoms with Crippen LogP contribution in [0.3, 0.4) is 0 Å². The number of rotatable bonds is 0. The van der Waals surface area contributed by atoms with E-state index >= 15 is 0 Å². The van der Waals surface area contributed by atoms with E-state index < -0.39 is 0 Å². The van der Waals surface area contributed by atoms with Crippen molar-refractivity contribution >= 4 is 35.2 Å². The van der Waals surface area contributed by atoms with Crippen LogP contribution in [0.15, 0.2) is 18.2 Å². The zero-order valence-electron chi connectivity index (χ0n) is 6.81. The molecule has 0 amide bonds. The number of hydrogen-bond acceptors (Lipinski definition) is 1. The summed E-state index contributed by atoms with van der Waals surface area (Å²) in [6.07, 6.45) is 0. The molecule has 0 fully saturated rings. The van der Waals surface area contributed by atoms with Crippen molar-refractivity contribution in [1.29, 1.82) is 0 Å². The molecule has 0 aromatic heterocycles. The van der Waals surface area contributed by atoms with Crippen LogP contribution >= 0.6 is 0 Å². The van der Waals surface area contributed by atoms with Gasteiger partial charge in [-0.05, 0) is 31.0 Å². The van der Waals surface area contributed by atoms with Gasteiger partial charge in [0.15, 0.2) is 0 Å². The van der Waals surface area contributed by atoms with Gasteiger partial charge in [0.2, 0.25) is 0 Å². The molecular weight excluding hydrogens is 133 g/mol. The van der Waals surface area contributed by atoms with Gasteiger partial charge in [0.25, 0.3) is 0 Å². The minimum Gasteiger partial charge on any atom is -0.399 e. The van der Waals surface area contributed by atoms with Gasteiger partial charge in [-0.15, -0.1) is 0 Å². The molecule has 0 atom stereocenters. The third kappa shape index (κ3) is 2.33. The summed E-state index contributed by atoms with van der Waals surface area (Å²) in [7, 11) is 0. The molecule has 1 radical (unpaired) electrons. The predicted octanol–water partition coefficient (Wildman–Crippen LogP) is 1.50. The molecule has 0 aliphatic heterocycles. The van der Waals surface area contributed by atoms with Gasteiger partial charge >= 0.3 is 0 Å². The average molecular weight is 144 g/mol. The van der Waals surface area contributed by atoms with Crippen molar-refractivity contribution in [2.24, 2.45) is 0 Å². The minimum atomic E-state index is 0. The SMILES string of the molecule is Cc1ccc(C)c(N)c1.[Na]. The summed E-state index contributed by atoms with van der Waals surface area (Å²) in [6.45, 7) is 4.05. The van der Waals surface area contributed by atoms with Crippen LogP contribution in [0.2, 0.25) is 0 Å². The molecule has 0 spiro atoms. The van der Waals surface area contributed by atoms with Crippen molar-refractivity contribution < 1.29 is 0 Å². The summed E-state index contributed by atoms with van der Waals surface area (Å²) < 4.78 is 0. The molecule has 2 heteroatoms. The standard InChI is InChI=1S/C8H11N.Na/c1-6-3-4-7(2)8(9)5-6;/h3-5H,9H2,1-2H3;. The average Bonchev–Trinajstić information content (AvgIpc) is 1.80. The van der Waals surface area contributed by atoms with Crippen molar-refractivity contribution in [3.05, 3.63) is 29.3 Å². The smallest absolute Gasteiger partial charge is 0.0346 e. The van der Waals surface area contributed by atoms with Crippen LogP contribution in [0.5, 0.6) is 0 Å². The fourth-order valence-corrected chi connectivity index (χ4v) is 0.760. The molecule has 0 saturated carbocycles. The summed E-state index contributed by atoms with van der Waals surface area (Å²) in [5.41, 5.74) is 8.88. The van der Waals surface area contributed by atoms with E-state index in [0.717, 1.165) is 11.3 Å². The predicted molar refractivity (Wildman–Crippen MR) is 46.1 cm³/mol. The quantitative estimate of drug-likeness (QED) is 0.433. The van der Waals surface area contributed by atoms with E-state index in [4.69, 9.17) is 5.73 Å². The Morgan fingerprint density at radius 2 is 1.80 bits per heavy atom. The van der Waals surface area contributed by atoms with Crippen molar-refractivity contribution in [1.82, 2.24) is 0 Å². The second kappa shape index (κ2) is 4.02. The van der Waals surface area contributed by atoms with Gasteiger partial charge in [0.1, 0.15) is 0 Å². The Bertz CT molecular complexity index is 220. The van der Waals surface area contributed by atoms with Gasteiger partial charge in [-0.1, -0.05) is 12.1 Å². The monoisotopic (exact) mass is 144 g/mol. The Morgan fingerprint density at radius 3 is 2.20 bits per heavy atom. The minimum absolute atomic E-state index is 0. The summed E-state index contributed by atoms with van der Waals surface area (Å²) >= 11 is 0. The third-order valence-electron chi connectivity index (χ3n) is 1.43. The number of benzene rings is 1. The Morgan fingerprint density at radius 1 is 1.20 bits per heavy atom. The van der Waals surface area contributed by atoms with Crippen molar-refractivity contribution in [3.63, 3.8) is 0 Å². The molecule has 0 aliphatic rings. The maximum absolute atomic E-state index is 5.62. The molecule has 10 heavy (non-hydrogen) atoms. The molecule has 2 N–H and O–H groups in total. The first-order valence-electron chi connectivity index (χ1n) is 3.03. The van der Waals surface area contributed by atoms with Gasteiger partial charge in [-0.25, -0.2) is 0 Å². The molecule has 1 nitrogen and oxygen atoms in total. The van der Waals surface area contributed by atoms with E-state index in [0.29, 0.717) is 0 Å². The van der Waals surface area contributed by atoms with E-state index in [1.807, 2.05) is 26.0 Å². The van der Waals surface area contributed by atoms with Crippen LogP contribution in [0.25, 0.3) is 0 Å². The van der Waals surface area contributed by atoms with Gasteiger partial charge in [0, 0.05) is 35.2 Å². The van der Waals surface area contributed by atoms with Crippen LogP contribution in [-0.2, 0) is 0 Å². The first kappa shape index (κ1) is 10.0. The Labute approximate surface area is 83.9 Å². The topological polar surface area (TPSA) is 26.0 Å². The number of hydrogen-bond donors (Lipinski definition) is 1. The summed E-state index contributed by atoms with van der Waals surface area (Å²) in [4.78, 5) is 0. The summed E-state index contributed by atoms with van der Waals surface area (Å²) in [5.74, 6) is 0. The molecule has 1 aromatic rings. The molecule has 0 aliphatic carbocycles. The van der Waals surface area contributed by atoms with E-state index in [9.17, 15) is 0 Å². The zero-order valence-corrected chi connectivity index (χ0v) is 8.81. The second-order valence-electron chi connectivity index (χ2n) is 2.36. The van der Waals surface area contributed by atoms with Crippen LogP contribution in [0, 0.1) is 13.8 Å². The molecule has 0 bridgehead atoms. The number of nitrogen functional groups attached to an aromatic ring is 1. The fourth-order valence-electron chi connectivity index (χ4n) is 0.760. The van der Waals surface area contributed by atoms with Crippen molar-refractivity contribution in [2.75, 3.05) is 5.73 Å². The normalized spacial score (nSPS) is 8.60. The van der Waals surface area contributed by atoms with Gasteiger partial charge in [-0.3, -0.25) is 0 Å². The van der Waals surface area contributed by atoms with E-state index in [-0.39, 0.29) is 29.6 Å². The Balaban J connectivity index is 0.000000810. The second-order valence-corrected chi connectivity index (χ2v) is 2.36. The van der Waals surface area contributed by atoms with E-state index in [1.165, 1.54) is 5.56 Å². The fraction of sp³-hybridized carbons (Fsp3) is 0.250. The van der Waals surface area contributed by atoms with E-state index in [1.54, 1.807) is 0 Å². The molecule has 0 saturated heterocycles. The van der Waals surface area contributed by atoms with E-state index in [2.05, 4.69) is 6.07 Å². The maximum Gasteiger partial charge on any atom is 0.0346 e. The Kier molecular flexibility index (Phi) is 4.02. The number of nitrogens with two attached hydrogens (primary N) is 1. The number of anilines is 1. The molecule has 0 heterocycles. The van der Waals surface area contributed by atoms with Crippen LogP contribution in [0.4, 0.5) is 5.69 Å². The van der Waals surface area contributed by atoms with Crippen molar-refractivity contribution in [2.45, 2.75) is 13.8 Å². The molecule has 1 rings (SSSR count). The van der Waals surface area contributed by atoms with Crippen LogP contribution < -0.4 is 5.73 Å². The van der Waals surface area contributed by atoms with Gasteiger partial charge in [-0.2, -0.15) is 0 Å². The number of aryl methyl sites for hydroxylation is 2. The molecule has 1 aromatic carbocycles. The van der Waals surface area contributed by atoms with Gasteiger partial charge < -0.3 is 5.73 Å². The van der Waals surface area contributed by atoms with Crippen LogP contribution in [0.1, 0.15) is 11.1 Å². The summed E-state index contributed by atoms with van der Waals surface area (Å²) in [5, 5.41) is 0. The molecule has 0 unspecified atom stereocenters. The molecular formula is C8H11NNa. The summed E-state index contributed by atoms with van der Waals surface area (Å²) in [6, 6.07) is 6.08. The first-order chi connectivity index (χ1) is 4.20. The van der Waals surface area contributed by atoms with Gasteiger partial charge in [0.05, 0.1) is 0 Å². The largest absolute Gasteiger partial charge is 0.399 e. The molecule has 49 valence electrons. The third-order valence-corrected chi connectivity index (χ3v) is 1.43. The maximum atomic E-state index is 5.62. The zero-order chi connectivity index (χ0) is 6.85. The van der Waals surface area contributed by atoms with Crippen LogP contribution in [-0.4, -0.2) is 29.6 Å². The Hall–Kier alpha value is 0.0200. The first-order valence-corrected chi connectivity index (χ1v) is 3.03.